The number of fused-ring (bicyclic) bond motifs is 1. The van der Waals surface area contributed by atoms with Crippen molar-refractivity contribution in [1.29, 1.82) is 0 Å². The van der Waals surface area contributed by atoms with Gasteiger partial charge >= 0.3 is 5.97 Å². The highest BCUT2D eigenvalue weighted by atomic mass is 16.6. The zero-order chi connectivity index (χ0) is 24.6. The van der Waals surface area contributed by atoms with Crippen LogP contribution in [0, 0.1) is 6.92 Å². The fraction of sp³-hybridized carbons (Fsp3) is 0.345. The van der Waals surface area contributed by atoms with E-state index in [2.05, 4.69) is 79.1 Å². The molecule has 0 spiro atoms. The van der Waals surface area contributed by atoms with Gasteiger partial charge in [-0.2, -0.15) is 0 Å². The summed E-state index contributed by atoms with van der Waals surface area (Å²) in [6.07, 6.45) is 0. The van der Waals surface area contributed by atoms with Crippen molar-refractivity contribution in [3.63, 3.8) is 0 Å². The van der Waals surface area contributed by atoms with Gasteiger partial charge < -0.3 is 19.4 Å². The zero-order valence-electron chi connectivity index (χ0n) is 21.3. The Morgan fingerprint density at radius 2 is 1.29 bits per heavy atom. The topological polar surface area (TPSA) is 36.0 Å². The van der Waals surface area contributed by atoms with Crippen LogP contribution in [0.2, 0.25) is 0 Å². The monoisotopic (exact) mass is 457 g/mol. The molecule has 0 saturated carbocycles. The number of hydrogen-bond acceptors (Lipinski definition) is 5. The maximum Gasteiger partial charge on any atom is 0.340 e. The molecule has 1 aliphatic heterocycles. The quantitative estimate of drug-likeness (QED) is 0.442. The maximum atomic E-state index is 13.3. The van der Waals surface area contributed by atoms with E-state index in [0.29, 0.717) is 5.56 Å². The van der Waals surface area contributed by atoms with E-state index in [1.54, 1.807) is 0 Å². The molecular formula is C29H35N3O2. The third-order valence-electron chi connectivity index (χ3n) is 6.87. The maximum absolute atomic E-state index is 13.3. The van der Waals surface area contributed by atoms with E-state index < -0.39 is 5.60 Å². The molecule has 1 heterocycles. The molecule has 3 aromatic rings. The number of aryl methyl sites for hydroxylation is 1. The van der Waals surface area contributed by atoms with Gasteiger partial charge in [0, 0.05) is 75.0 Å². The largest absolute Gasteiger partial charge is 0.441 e. The number of ether oxygens (including phenoxy) is 1. The summed E-state index contributed by atoms with van der Waals surface area (Å²) in [5.41, 5.74) is 6.80. The Morgan fingerprint density at radius 3 is 1.85 bits per heavy atom. The fourth-order valence-corrected chi connectivity index (χ4v) is 4.93. The molecule has 0 saturated heterocycles. The van der Waals surface area contributed by atoms with Crippen LogP contribution in [0.1, 0.15) is 46.5 Å². The molecule has 1 unspecified atom stereocenters. The first-order chi connectivity index (χ1) is 16.2. The van der Waals surface area contributed by atoms with Gasteiger partial charge in [0.1, 0.15) is 0 Å². The molecule has 4 rings (SSSR count). The van der Waals surface area contributed by atoms with Crippen molar-refractivity contribution >= 4 is 23.0 Å². The van der Waals surface area contributed by atoms with Gasteiger partial charge in [-0.1, -0.05) is 24.3 Å². The molecule has 0 amide bonds. The first-order valence-corrected chi connectivity index (χ1v) is 11.9. The molecule has 0 radical (unpaired) electrons. The van der Waals surface area contributed by atoms with E-state index in [9.17, 15) is 4.79 Å². The Bertz CT molecular complexity index is 1200. The Labute approximate surface area is 203 Å². The molecule has 0 fully saturated rings. The van der Waals surface area contributed by atoms with Gasteiger partial charge in [0.05, 0.1) is 5.56 Å². The molecule has 3 aromatic carbocycles. The first-order valence-electron chi connectivity index (χ1n) is 11.9. The standard InChI is InChI=1S/C29H35N3O2/c1-8-32(9-2)24-15-16-26(20(3)18-24)29(21-10-12-22(13-11-21)30(4)5)27-17-14-23(31(6)7)19-25(27)28(33)34-29/h10-19H,8-9H2,1-7H3. The van der Waals surface area contributed by atoms with Gasteiger partial charge in [-0.05, 0) is 62.7 Å². The van der Waals surface area contributed by atoms with Crippen molar-refractivity contribution < 1.29 is 9.53 Å². The van der Waals surface area contributed by atoms with Crippen LogP contribution in [-0.2, 0) is 10.3 Å². The number of carbonyl (C=O) groups excluding carboxylic acids is 1. The Hall–Kier alpha value is -3.47. The molecule has 34 heavy (non-hydrogen) atoms. The van der Waals surface area contributed by atoms with Crippen LogP contribution in [-0.4, -0.2) is 47.2 Å². The number of nitrogens with zero attached hydrogens (tertiary/aromatic N) is 3. The van der Waals surface area contributed by atoms with Crippen LogP contribution < -0.4 is 14.7 Å². The number of carbonyl (C=O) groups is 1. The molecule has 1 atom stereocenters. The van der Waals surface area contributed by atoms with E-state index in [1.807, 2.05) is 45.2 Å². The van der Waals surface area contributed by atoms with Crippen molar-refractivity contribution in [2.45, 2.75) is 26.4 Å². The van der Waals surface area contributed by atoms with Gasteiger partial charge in [-0.25, -0.2) is 4.79 Å². The highest BCUT2D eigenvalue weighted by Gasteiger charge is 2.49. The number of anilines is 3. The third-order valence-corrected chi connectivity index (χ3v) is 6.87. The van der Waals surface area contributed by atoms with E-state index >= 15 is 0 Å². The minimum absolute atomic E-state index is 0.289. The van der Waals surface area contributed by atoms with Gasteiger partial charge in [0.15, 0.2) is 5.60 Å². The third kappa shape index (κ3) is 3.79. The van der Waals surface area contributed by atoms with Crippen molar-refractivity contribution in [2.24, 2.45) is 0 Å². The fourth-order valence-electron chi connectivity index (χ4n) is 4.93. The SMILES string of the molecule is CCN(CC)c1ccc(C2(c3ccc(N(C)C)cc3)OC(=O)c3cc(N(C)C)ccc32)c(C)c1. The summed E-state index contributed by atoms with van der Waals surface area (Å²) in [5, 5.41) is 0. The molecule has 0 aliphatic carbocycles. The molecule has 5 heteroatoms. The minimum atomic E-state index is -0.992. The van der Waals surface area contributed by atoms with Crippen molar-refractivity contribution in [2.75, 3.05) is 56.0 Å². The second-order valence-electron chi connectivity index (χ2n) is 9.31. The van der Waals surface area contributed by atoms with Gasteiger partial charge in [-0.3, -0.25) is 0 Å². The first kappa shape index (κ1) is 23.7. The lowest BCUT2D eigenvalue weighted by molar-refractivity contribution is 0.0250. The summed E-state index contributed by atoms with van der Waals surface area (Å²) in [7, 11) is 8.00. The number of hydrogen-bond donors (Lipinski definition) is 0. The van der Waals surface area contributed by atoms with Crippen LogP contribution in [0.4, 0.5) is 17.1 Å². The second-order valence-corrected chi connectivity index (χ2v) is 9.31. The second kappa shape index (κ2) is 9.05. The molecule has 0 aromatic heterocycles. The van der Waals surface area contributed by atoms with Crippen molar-refractivity contribution in [1.82, 2.24) is 0 Å². The van der Waals surface area contributed by atoms with Crippen LogP contribution in [0.3, 0.4) is 0 Å². The van der Waals surface area contributed by atoms with Gasteiger partial charge in [0.2, 0.25) is 0 Å². The van der Waals surface area contributed by atoms with E-state index in [1.165, 1.54) is 5.69 Å². The molecule has 0 N–H and O–H groups in total. The van der Waals surface area contributed by atoms with Gasteiger partial charge in [0.25, 0.3) is 0 Å². The van der Waals surface area contributed by atoms with Gasteiger partial charge in [-0.15, -0.1) is 0 Å². The van der Waals surface area contributed by atoms with Crippen LogP contribution in [0.15, 0.2) is 60.7 Å². The Kier molecular flexibility index (Phi) is 6.30. The van der Waals surface area contributed by atoms with Crippen LogP contribution >= 0.6 is 0 Å². The predicted octanol–water partition coefficient (Wildman–Crippen LogP) is 5.44. The van der Waals surface area contributed by atoms with Crippen LogP contribution in [0.25, 0.3) is 0 Å². The molecule has 1 aliphatic rings. The average Bonchev–Trinajstić information content (AvgIpc) is 3.12. The summed E-state index contributed by atoms with van der Waals surface area (Å²) in [4.78, 5) is 19.7. The number of esters is 1. The highest BCUT2D eigenvalue weighted by molar-refractivity contribution is 5.97. The van der Waals surface area contributed by atoms with E-state index in [4.69, 9.17) is 4.74 Å². The normalized spacial score (nSPS) is 16.7. The lowest BCUT2D eigenvalue weighted by Crippen LogP contribution is -2.31. The molecule has 178 valence electrons. The number of cyclic esters (lactones) is 1. The van der Waals surface area contributed by atoms with E-state index in [0.717, 1.165) is 46.7 Å². The zero-order valence-corrected chi connectivity index (χ0v) is 21.3. The lowest BCUT2D eigenvalue weighted by Gasteiger charge is -2.33. The smallest absolute Gasteiger partial charge is 0.340 e. The Morgan fingerprint density at radius 1 is 0.735 bits per heavy atom. The summed E-state index contributed by atoms with van der Waals surface area (Å²) < 4.78 is 6.38. The molecule has 5 nitrogen and oxygen atoms in total. The predicted molar refractivity (Wildman–Crippen MR) is 142 cm³/mol. The number of rotatable bonds is 7. The summed E-state index contributed by atoms with van der Waals surface area (Å²) in [5.74, 6) is -0.289. The minimum Gasteiger partial charge on any atom is -0.441 e. The van der Waals surface area contributed by atoms with E-state index in [-0.39, 0.29) is 5.97 Å². The van der Waals surface area contributed by atoms with Crippen molar-refractivity contribution in [3.8, 4) is 0 Å². The molecule has 0 bridgehead atoms. The summed E-state index contributed by atoms with van der Waals surface area (Å²) >= 11 is 0. The van der Waals surface area contributed by atoms with Crippen LogP contribution in [0.5, 0.6) is 0 Å². The summed E-state index contributed by atoms with van der Waals surface area (Å²) in [6.45, 7) is 8.32. The number of benzene rings is 3. The Balaban J connectivity index is 1.96. The lowest BCUT2D eigenvalue weighted by atomic mass is 9.78. The molecular weight excluding hydrogens is 422 g/mol. The van der Waals surface area contributed by atoms with Crippen molar-refractivity contribution in [3.05, 3.63) is 88.5 Å². The highest BCUT2D eigenvalue weighted by Crippen LogP contribution is 2.49. The average molecular weight is 458 g/mol. The summed E-state index contributed by atoms with van der Waals surface area (Å²) in [6, 6.07) is 20.8.